The van der Waals surface area contributed by atoms with Gasteiger partial charge in [-0.2, -0.15) is 13.2 Å². The first-order valence-electron chi connectivity index (χ1n) is 5.84. The van der Waals surface area contributed by atoms with Crippen LogP contribution in [0.15, 0.2) is 12.1 Å². The summed E-state index contributed by atoms with van der Waals surface area (Å²) in [6, 6.07) is 2.87. The monoisotopic (exact) mass is 325 g/mol. The first-order chi connectivity index (χ1) is 9.76. The fraction of sp³-hybridized carbons (Fsp3) is 0.417. The van der Waals surface area contributed by atoms with Crippen LogP contribution in [0.25, 0.3) is 0 Å². The van der Waals surface area contributed by atoms with Crippen LogP contribution in [0.2, 0.25) is 5.02 Å². The molecule has 1 atom stereocenters. The number of rotatable bonds is 4. The van der Waals surface area contributed by atoms with Crippen LogP contribution in [0.1, 0.15) is 6.92 Å². The van der Waals surface area contributed by atoms with E-state index in [2.05, 4.69) is 10.1 Å². The van der Waals surface area contributed by atoms with Gasteiger partial charge in [0.2, 0.25) is 6.79 Å². The zero-order valence-electron chi connectivity index (χ0n) is 10.8. The molecule has 0 spiro atoms. The summed E-state index contributed by atoms with van der Waals surface area (Å²) in [6.45, 7) is -0.257. The molecule has 1 aliphatic rings. The van der Waals surface area contributed by atoms with Gasteiger partial charge in [0.05, 0.1) is 10.7 Å². The lowest BCUT2D eigenvalue weighted by molar-refractivity contribution is -0.184. The molecule has 1 N–H and O–H groups in total. The molecule has 0 aliphatic carbocycles. The highest BCUT2D eigenvalue weighted by molar-refractivity contribution is 6.34. The molecule has 0 bridgehead atoms. The third-order valence-corrected chi connectivity index (χ3v) is 2.90. The van der Waals surface area contributed by atoms with Crippen molar-refractivity contribution < 1.29 is 32.2 Å². The van der Waals surface area contributed by atoms with E-state index in [1.807, 2.05) is 0 Å². The number of fused-ring (bicyclic) bond motifs is 1. The summed E-state index contributed by atoms with van der Waals surface area (Å²) in [7, 11) is 0. The summed E-state index contributed by atoms with van der Waals surface area (Å²) in [5.74, 6) is 0.0675. The average Bonchev–Trinajstić information content (AvgIpc) is 2.82. The van der Waals surface area contributed by atoms with Gasteiger partial charge in [0, 0.05) is 12.1 Å². The molecule has 0 radical (unpaired) electrons. The van der Waals surface area contributed by atoms with Crippen LogP contribution in [-0.2, 0) is 9.53 Å². The highest BCUT2D eigenvalue weighted by atomic mass is 35.5. The van der Waals surface area contributed by atoms with Gasteiger partial charge in [0.25, 0.3) is 5.91 Å². The van der Waals surface area contributed by atoms with E-state index in [1.54, 1.807) is 0 Å². The van der Waals surface area contributed by atoms with E-state index in [4.69, 9.17) is 21.1 Å². The fourth-order valence-corrected chi connectivity index (χ4v) is 1.74. The van der Waals surface area contributed by atoms with Crippen molar-refractivity contribution in [3.05, 3.63) is 17.2 Å². The van der Waals surface area contributed by atoms with E-state index in [0.717, 1.165) is 0 Å². The second-order valence-electron chi connectivity index (χ2n) is 4.24. The molecule has 0 saturated heterocycles. The Hall–Kier alpha value is -1.67. The van der Waals surface area contributed by atoms with Gasteiger partial charge in [-0.3, -0.25) is 4.79 Å². The van der Waals surface area contributed by atoms with E-state index in [1.165, 1.54) is 19.1 Å². The number of hydrogen-bond donors (Lipinski definition) is 1. The van der Waals surface area contributed by atoms with Crippen LogP contribution in [0.4, 0.5) is 18.9 Å². The molecule has 21 heavy (non-hydrogen) atoms. The average molecular weight is 326 g/mol. The molecule has 0 fully saturated rings. The minimum absolute atomic E-state index is 0.0359. The standard InChI is InChI=1S/C12H11ClF3NO4/c1-6(19-4-12(14,15)16)11(18)17-8-3-10-9(2-7(8)13)20-5-21-10/h2-3,6H,4-5H2,1H3,(H,17,18). The number of halogens is 4. The number of carbonyl (C=O) groups excluding carboxylic acids is 1. The van der Waals surface area contributed by atoms with Crippen LogP contribution in [0.3, 0.4) is 0 Å². The van der Waals surface area contributed by atoms with Gasteiger partial charge in [0.1, 0.15) is 12.7 Å². The van der Waals surface area contributed by atoms with Gasteiger partial charge in [0.15, 0.2) is 11.5 Å². The van der Waals surface area contributed by atoms with Crippen LogP contribution < -0.4 is 14.8 Å². The van der Waals surface area contributed by atoms with E-state index in [9.17, 15) is 18.0 Å². The summed E-state index contributed by atoms with van der Waals surface area (Å²) in [5.41, 5.74) is 0.202. The Morgan fingerprint density at radius 3 is 2.67 bits per heavy atom. The lowest BCUT2D eigenvalue weighted by atomic mass is 10.2. The highest BCUT2D eigenvalue weighted by Crippen LogP contribution is 2.39. The molecule has 1 aromatic rings. The smallest absolute Gasteiger partial charge is 0.411 e. The molecular weight excluding hydrogens is 315 g/mol. The first-order valence-corrected chi connectivity index (χ1v) is 6.22. The predicted molar refractivity (Wildman–Crippen MR) is 67.7 cm³/mol. The second kappa shape index (κ2) is 5.98. The Morgan fingerprint density at radius 1 is 1.43 bits per heavy atom. The zero-order chi connectivity index (χ0) is 15.6. The van der Waals surface area contributed by atoms with Crippen molar-refractivity contribution in [2.45, 2.75) is 19.2 Å². The SMILES string of the molecule is CC(OCC(F)(F)F)C(=O)Nc1cc2c(cc1Cl)OCO2. The number of nitrogens with one attached hydrogen (secondary N) is 1. The fourth-order valence-electron chi connectivity index (χ4n) is 1.54. The number of alkyl halides is 3. The van der Waals surface area contributed by atoms with Crippen molar-refractivity contribution >= 4 is 23.2 Å². The third-order valence-electron chi connectivity index (χ3n) is 2.59. The zero-order valence-corrected chi connectivity index (χ0v) is 11.5. The summed E-state index contributed by atoms with van der Waals surface area (Å²) in [4.78, 5) is 11.7. The minimum Gasteiger partial charge on any atom is -0.454 e. The normalized spacial score (nSPS) is 14.9. The number of anilines is 1. The quantitative estimate of drug-likeness (QED) is 0.924. The maximum Gasteiger partial charge on any atom is 0.411 e. The van der Waals surface area contributed by atoms with E-state index < -0.39 is 24.8 Å². The van der Waals surface area contributed by atoms with E-state index >= 15 is 0 Å². The number of amides is 1. The molecule has 1 heterocycles. The first kappa shape index (κ1) is 15.7. The second-order valence-corrected chi connectivity index (χ2v) is 4.65. The molecule has 5 nitrogen and oxygen atoms in total. The number of benzene rings is 1. The molecule has 116 valence electrons. The molecular formula is C12H11ClF3NO4. The third kappa shape index (κ3) is 4.15. The molecule has 0 aromatic heterocycles. The van der Waals surface area contributed by atoms with Crippen molar-refractivity contribution in [1.29, 1.82) is 0 Å². The van der Waals surface area contributed by atoms with Gasteiger partial charge in [-0.1, -0.05) is 11.6 Å². The van der Waals surface area contributed by atoms with Crippen LogP contribution in [0.5, 0.6) is 11.5 Å². The molecule has 2 rings (SSSR count). The molecule has 1 amide bonds. The van der Waals surface area contributed by atoms with Crippen molar-refractivity contribution in [1.82, 2.24) is 0 Å². The van der Waals surface area contributed by atoms with E-state index in [0.29, 0.717) is 11.5 Å². The van der Waals surface area contributed by atoms with Gasteiger partial charge in [-0.05, 0) is 6.92 Å². The van der Waals surface area contributed by atoms with Gasteiger partial charge in [-0.15, -0.1) is 0 Å². The molecule has 9 heteroatoms. The Morgan fingerprint density at radius 2 is 2.05 bits per heavy atom. The summed E-state index contributed by atoms with van der Waals surface area (Å²) in [6.07, 6.45) is -5.78. The maximum atomic E-state index is 12.0. The largest absolute Gasteiger partial charge is 0.454 e. The molecule has 1 unspecified atom stereocenters. The van der Waals surface area contributed by atoms with Crippen molar-refractivity contribution in [2.24, 2.45) is 0 Å². The topological polar surface area (TPSA) is 56.8 Å². The number of carbonyl (C=O) groups is 1. The van der Waals surface area contributed by atoms with Crippen LogP contribution in [0, 0.1) is 0 Å². The van der Waals surface area contributed by atoms with Gasteiger partial charge < -0.3 is 19.5 Å². The summed E-state index contributed by atoms with van der Waals surface area (Å²) >= 11 is 5.94. The molecule has 1 aromatic carbocycles. The number of ether oxygens (including phenoxy) is 3. The van der Waals surface area contributed by atoms with Crippen molar-refractivity contribution in [3.8, 4) is 11.5 Å². The van der Waals surface area contributed by atoms with Crippen molar-refractivity contribution in [3.63, 3.8) is 0 Å². The minimum atomic E-state index is -4.50. The van der Waals surface area contributed by atoms with Gasteiger partial charge >= 0.3 is 6.18 Å². The molecule has 0 saturated carbocycles. The van der Waals surface area contributed by atoms with Gasteiger partial charge in [-0.25, -0.2) is 0 Å². The summed E-state index contributed by atoms with van der Waals surface area (Å²) < 4.78 is 50.7. The van der Waals surface area contributed by atoms with Crippen LogP contribution >= 0.6 is 11.6 Å². The highest BCUT2D eigenvalue weighted by Gasteiger charge is 2.30. The van der Waals surface area contributed by atoms with E-state index in [-0.39, 0.29) is 17.5 Å². The Labute approximate surface area is 122 Å². The van der Waals surface area contributed by atoms with Crippen LogP contribution in [-0.4, -0.2) is 31.6 Å². The lowest BCUT2D eigenvalue weighted by Gasteiger charge is -2.15. The maximum absolute atomic E-state index is 12.0. The molecule has 1 aliphatic heterocycles. The predicted octanol–water partition coefficient (Wildman–Crippen LogP) is 2.97. The van der Waals surface area contributed by atoms with Crippen molar-refractivity contribution in [2.75, 3.05) is 18.7 Å². The number of hydrogen-bond acceptors (Lipinski definition) is 4. The Bertz CT molecular complexity index is 550. The lowest BCUT2D eigenvalue weighted by Crippen LogP contribution is -2.31. The Balaban J connectivity index is 1.99. The Kier molecular flexibility index (Phi) is 4.48. The summed E-state index contributed by atoms with van der Waals surface area (Å²) in [5, 5.41) is 2.55.